The van der Waals surface area contributed by atoms with Gasteiger partial charge in [-0.05, 0) is 36.9 Å². The molecule has 0 spiro atoms. The van der Waals surface area contributed by atoms with Gasteiger partial charge in [-0.2, -0.15) is 0 Å². The quantitative estimate of drug-likeness (QED) is 0.804. The fourth-order valence-corrected chi connectivity index (χ4v) is 2.23. The number of ether oxygens (including phenoxy) is 1. The van der Waals surface area contributed by atoms with Crippen LogP contribution in [0, 0.1) is 11.7 Å². The normalized spacial score (nSPS) is 12.8. The maximum atomic E-state index is 14.1. The summed E-state index contributed by atoms with van der Waals surface area (Å²) in [5.74, 6) is 0.696. The largest absolute Gasteiger partial charge is 0.494 e. The third kappa shape index (κ3) is 4.30. The first-order valence-corrected chi connectivity index (χ1v) is 6.63. The lowest BCUT2D eigenvalue weighted by Gasteiger charge is -2.20. The predicted octanol–water partition coefficient (Wildman–Crippen LogP) is 3.40. The van der Waals surface area contributed by atoms with Crippen molar-refractivity contribution in [2.45, 2.75) is 39.7 Å². The van der Waals surface area contributed by atoms with E-state index < -0.39 is 0 Å². The molecule has 1 atom stereocenters. The lowest BCUT2D eigenvalue weighted by Crippen LogP contribution is -2.32. The molecule has 0 radical (unpaired) electrons. The van der Waals surface area contributed by atoms with Gasteiger partial charge in [-0.3, -0.25) is 0 Å². The van der Waals surface area contributed by atoms with Crippen molar-refractivity contribution < 1.29 is 9.13 Å². The molecule has 0 saturated heterocycles. The van der Waals surface area contributed by atoms with Crippen molar-refractivity contribution in [2.75, 3.05) is 13.7 Å². The Balaban J connectivity index is 2.79. The van der Waals surface area contributed by atoms with Crippen LogP contribution < -0.4 is 10.1 Å². The number of benzene rings is 1. The van der Waals surface area contributed by atoms with Crippen molar-refractivity contribution in [3.63, 3.8) is 0 Å². The molecule has 3 heteroatoms. The molecule has 0 aromatic heterocycles. The van der Waals surface area contributed by atoms with Crippen LogP contribution in [0.3, 0.4) is 0 Å². The Bertz CT molecular complexity index is 366. The van der Waals surface area contributed by atoms with Crippen molar-refractivity contribution in [2.24, 2.45) is 5.92 Å². The molecule has 0 aliphatic heterocycles. The summed E-state index contributed by atoms with van der Waals surface area (Å²) in [6.07, 6.45) is 1.75. The summed E-state index contributed by atoms with van der Waals surface area (Å²) in [7, 11) is 1.50. The van der Waals surface area contributed by atoms with Crippen LogP contribution in [-0.2, 0) is 6.42 Å². The first-order valence-electron chi connectivity index (χ1n) is 6.63. The van der Waals surface area contributed by atoms with Crippen LogP contribution in [0.4, 0.5) is 4.39 Å². The van der Waals surface area contributed by atoms with Crippen molar-refractivity contribution in [3.8, 4) is 5.75 Å². The van der Waals surface area contributed by atoms with Gasteiger partial charge in [0.2, 0.25) is 0 Å². The SMILES string of the molecule is CCNC(Cc1cccc(OC)c1F)CC(C)C. The molecule has 1 aromatic rings. The van der Waals surface area contributed by atoms with E-state index in [1.54, 1.807) is 6.07 Å². The maximum Gasteiger partial charge on any atom is 0.168 e. The molecule has 102 valence electrons. The van der Waals surface area contributed by atoms with Gasteiger partial charge in [0.15, 0.2) is 11.6 Å². The van der Waals surface area contributed by atoms with E-state index >= 15 is 0 Å². The summed E-state index contributed by atoms with van der Waals surface area (Å²) in [4.78, 5) is 0. The zero-order valence-corrected chi connectivity index (χ0v) is 11.8. The highest BCUT2D eigenvalue weighted by atomic mass is 19.1. The van der Waals surface area contributed by atoms with Gasteiger partial charge in [0.05, 0.1) is 7.11 Å². The van der Waals surface area contributed by atoms with E-state index in [-0.39, 0.29) is 5.82 Å². The molecule has 2 nitrogen and oxygen atoms in total. The second-order valence-corrected chi connectivity index (χ2v) is 5.02. The lowest BCUT2D eigenvalue weighted by atomic mass is 9.97. The predicted molar refractivity (Wildman–Crippen MR) is 73.6 cm³/mol. The average molecular weight is 253 g/mol. The van der Waals surface area contributed by atoms with Crippen LogP contribution >= 0.6 is 0 Å². The summed E-state index contributed by atoms with van der Waals surface area (Å²) in [5, 5.41) is 3.42. The van der Waals surface area contributed by atoms with Crippen molar-refractivity contribution in [1.29, 1.82) is 0 Å². The van der Waals surface area contributed by atoms with E-state index in [1.165, 1.54) is 7.11 Å². The minimum absolute atomic E-state index is 0.230. The zero-order valence-electron chi connectivity index (χ0n) is 11.8. The maximum absolute atomic E-state index is 14.1. The molecule has 1 rings (SSSR count). The average Bonchev–Trinajstić information content (AvgIpc) is 2.31. The fraction of sp³-hybridized carbons (Fsp3) is 0.600. The van der Waals surface area contributed by atoms with Crippen LogP contribution in [-0.4, -0.2) is 19.7 Å². The number of hydrogen-bond acceptors (Lipinski definition) is 2. The zero-order chi connectivity index (χ0) is 13.5. The van der Waals surface area contributed by atoms with Crippen LogP contribution in [0.5, 0.6) is 5.75 Å². The Labute approximate surface area is 110 Å². The molecular weight excluding hydrogens is 229 g/mol. The van der Waals surface area contributed by atoms with Crippen molar-refractivity contribution in [1.82, 2.24) is 5.32 Å². The van der Waals surface area contributed by atoms with Crippen molar-refractivity contribution in [3.05, 3.63) is 29.6 Å². The van der Waals surface area contributed by atoms with E-state index in [0.29, 0.717) is 24.1 Å². The Kier molecular flexibility index (Phi) is 6.13. The van der Waals surface area contributed by atoms with Gasteiger partial charge in [0.1, 0.15) is 0 Å². The highest BCUT2D eigenvalue weighted by Gasteiger charge is 2.15. The number of likely N-dealkylation sites (N-methyl/N-ethyl adjacent to an activating group) is 1. The number of nitrogens with one attached hydrogen (secondary N) is 1. The van der Waals surface area contributed by atoms with Crippen LogP contribution in [0.25, 0.3) is 0 Å². The number of rotatable bonds is 7. The molecule has 0 fully saturated rings. The number of halogens is 1. The van der Waals surface area contributed by atoms with E-state index in [9.17, 15) is 4.39 Å². The highest BCUT2D eigenvalue weighted by Crippen LogP contribution is 2.22. The van der Waals surface area contributed by atoms with Crippen LogP contribution in [0.1, 0.15) is 32.8 Å². The van der Waals surface area contributed by atoms with Gasteiger partial charge in [0.25, 0.3) is 0 Å². The molecule has 0 amide bonds. The van der Waals surface area contributed by atoms with Gasteiger partial charge < -0.3 is 10.1 Å². The van der Waals surface area contributed by atoms with Gasteiger partial charge in [-0.25, -0.2) is 4.39 Å². The molecule has 0 aliphatic rings. The first-order chi connectivity index (χ1) is 8.58. The number of methoxy groups -OCH3 is 1. The Morgan fingerprint density at radius 1 is 1.33 bits per heavy atom. The molecule has 0 bridgehead atoms. The molecule has 1 N–H and O–H groups in total. The number of hydrogen-bond donors (Lipinski definition) is 1. The standard InChI is InChI=1S/C15H24FNO/c1-5-17-13(9-11(2)3)10-12-7-6-8-14(18-4)15(12)16/h6-8,11,13,17H,5,9-10H2,1-4H3. The highest BCUT2D eigenvalue weighted by molar-refractivity contribution is 5.31. The Morgan fingerprint density at radius 3 is 2.61 bits per heavy atom. The third-order valence-electron chi connectivity index (χ3n) is 2.98. The first kappa shape index (κ1) is 15.0. The summed E-state index contributed by atoms with van der Waals surface area (Å²) in [6, 6.07) is 5.65. The second kappa shape index (κ2) is 7.37. The Morgan fingerprint density at radius 2 is 2.06 bits per heavy atom. The summed E-state index contributed by atoms with van der Waals surface area (Å²) in [5.41, 5.74) is 0.723. The summed E-state index contributed by atoms with van der Waals surface area (Å²) in [6.45, 7) is 7.36. The molecule has 1 aromatic carbocycles. The smallest absolute Gasteiger partial charge is 0.168 e. The van der Waals surface area contributed by atoms with E-state index in [0.717, 1.165) is 18.5 Å². The lowest BCUT2D eigenvalue weighted by molar-refractivity contribution is 0.378. The van der Waals surface area contributed by atoms with E-state index in [4.69, 9.17) is 4.74 Å². The molecule has 0 heterocycles. The van der Waals surface area contributed by atoms with Crippen LogP contribution in [0.2, 0.25) is 0 Å². The molecule has 18 heavy (non-hydrogen) atoms. The van der Waals surface area contributed by atoms with Crippen molar-refractivity contribution >= 4 is 0 Å². The second-order valence-electron chi connectivity index (χ2n) is 5.02. The molecular formula is C15H24FNO. The van der Waals surface area contributed by atoms with Gasteiger partial charge in [-0.1, -0.05) is 32.9 Å². The fourth-order valence-electron chi connectivity index (χ4n) is 2.23. The Hall–Kier alpha value is -1.09. The van der Waals surface area contributed by atoms with Gasteiger partial charge >= 0.3 is 0 Å². The molecule has 0 aliphatic carbocycles. The monoisotopic (exact) mass is 253 g/mol. The van der Waals surface area contributed by atoms with E-state index in [1.807, 2.05) is 12.1 Å². The van der Waals surface area contributed by atoms with Crippen LogP contribution in [0.15, 0.2) is 18.2 Å². The molecule has 1 unspecified atom stereocenters. The molecule has 0 saturated carbocycles. The topological polar surface area (TPSA) is 21.3 Å². The van der Waals surface area contributed by atoms with Gasteiger partial charge in [0, 0.05) is 6.04 Å². The minimum Gasteiger partial charge on any atom is -0.494 e. The van der Waals surface area contributed by atoms with Gasteiger partial charge in [-0.15, -0.1) is 0 Å². The summed E-state index contributed by atoms with van der Waals surface area (Å²) < 4.78 is 19.1. The minimum atomic E-state index is -0.230. The third-order valence-corrected chi connectivity index (χ3v) is 2.98. The van der Waals surface area contributed by atoms with E-state index in [2.05, 4.69) is 26.1 Å². The summed E-state index contributed by atoms with van der Waals surface area (Å²) >= 11 is 0.